The van der Waals surface area contributed by atoms with Crippen LogP contribution in [0.3, 0.4) is 0 Å². The van der Waals surface area contributed by atoms with Gasteiger partial charge in [0.2, 0.25) is 0 Å². The topological polar surface area (TPSA) is 63.6 Å². The number of carboxylic acids is 1. The van der Waals surface area contributed by atoms with E-state index in [9.17, 15) is 9.59 Å². The van der Waals surface area contributed by atoms with Crippen molar-refractivity contribution < 1.29 is 19.4 Å². The highest BCUT2D eigenvalue weighted by atomic mass is 16.5. The second kappa shape index (κ2) is 3.23. The van der Waals surface area contributed by atoms with E-state index in [0.717, 1.165) is 0 Å². The van der Waals surface area contributed by atoms with Crippen molar-refractivity contribution in [3.63, 3.8) is 0 Å². The minimum atomic E-state index is -0.995. The molecule has 1 aliphatic heterocycles. The SMILES string of the molecule is O=C(O)c1ccc2c(c1)COCC2=O. The summed E-state index contributed by atoms with van der Waals surface area (Å²) in [6.45, 7) is 0.390. The second-order valence-electron chi connectivity index (χ2n) is 3.09. The molecule has 0 bridgehead atoms. The van der Waals surface area contributed by atoms with Crippen LogP contribution in [0.15, 0.2) is 18.2 Å². The summed E-state index contributed by atoms with van der Waals surface area (Å²) in [6, 6.07) is 4.46. The van der Waals surface area contributed by atoms with E-state index in [4.69, 9.17) is 9.84 Å². The van der Waals surface area contributed by atoms with Crippen LogP contribution >= 0.6 is 0 Å². The Labute approximate surface area is 80.1 Å². The van der Waals surface area contributed by atoms with Gasteiger partial charge in [-0.15, -0.1) is 0 Å². The number of Topliss-reactive ketones (excluding diaryl/α,β-unsaturated/α-hetero) is 1. The van der Waals surface area contributed by atoms with Crippen LogP contribution in [0.5, 0.6) is 0 Å². The van der Waals surface area contributed by atoms with Crippen molar-refractivity contribution in [1.82, 2.24) is 0 Å². The molecule has 14 heavy (non-hydrogen) atoms. The Kier molecular flexibility index (Phi) is 2.05. The third-order valence-electron chi connectivity index (χ3n) is 2.14. The van der Waals surface area contributed by atoms with Gasteiger partial charge in [-0.25, -0.2) is 4.79 Å². The number of fused-ring (bicyclic) bond motifs is 1. The Balaban J connectivity index is 2.49. The highest BCUT2D eigenvalue weighted by Crippen LogP contribution is 2.18. The number of aromatic carboxylic acids is 1. The van der Waals surface area contributed by atoms with Crippen LogP contribution < -0.4 is 0 Å². The van der Waals surface area contributed by atoms with Crippen LogP contribution in [-0.4, -0.2) is 23.5 Å². The molecule has 0 spiro atoms. The fourth-order valence-electron chi connectivity index (χ4n) is 1.45. The number of carbonyl (C=O) groups is 2. The summed E-state index contributed by atoms with van der Waals surface area (Å²) in [5.41, 5.74) is 1.41. The summed E-state index contributed by atoms with van der Waals surface area (Å²) >= 11 is 0. The molecule has 0 radical (unpaired) electrons. The number of benzene rings is 1. The van der Waals surface area contributed by atoms with Gasteiger partial charge in [0.05, 0.1) is 12.2 Å². The third-order valence-corrected chi connectivity index (χ3v) is 2.14. The van der Waals surface area contributed by atoms with Gasteiger partial charge >= 0.3 is 5.97 Å². The molecule has 0 fully saturated rings. The zero-order valence-electron chi connectivity index (χ0n) is 7.32. The van der Waals surface area contributed by atoms with Crippen molar-refractivity contribution in [3.05, 3.63) is 34.9 Å². The lowest BCUT2D eigenvalue weighted by Crippen LogP contribution is -2.18. The quantitative estimate of drug-likeness (QED) is 0.723. The molecule has 0 saturated carbocycles. The highest BCUT2D eigenvalue weighted by Gasteiger charge is 2.18. The molecule has 1 aliphatic rings. The molecule has 1 aromatic carbocycles. The van der Waals surface area contributed by atoms with E-state index in [1.54, 1.807) is 6.07 Å². The zero-order valence-corrected chi connectivity index (χ0v) is 7.32. The molecule has 0 unspecified atom stereocenters. The van der Waals surface area contributed by atoms with Gasteiger partial charge in [0.25, 0.3) is 0 Å². The number of carboxylic acid groups (broad SMARTS) is 1. The second-order valence-corrected chi connectivity index (χ2v) is 3.09. The Morgan fingerprint density at radius 2 is 2.14 bits per heavy atom. The predicted molar refractivity (Wildman–Crippen MR) is 47.4 cm³/mol. The molecule has 1 N–H and O–H groups in total. The molecule has 72 valence electrons. The van der Waals surface area contributed by atoms with Crippen LogP contribution in [0.4, 0.5) is 0 Å². The first-order valence-electron chi connectivity index (χ1n) is 4.15. The summed E-state index contributed by atoms with van der Waals surface area (Å²) < 4.78 is 5.00. The molecule has 1 heterocycles. The molecule has 0 atom stereocenters. The number of ketones is 1. The lowest BCUT2D eigenvalue weighted by atomic mass is 10.00. The van der Waals surface area contributed by atoms with Crippen LogP contribution in [-0.2, 0) is 11.3 Å². The maximum Gasteiger partial charge on any atom is 0.335 e. The fourth-order valence-corrected chi connectivity index (χ4v) is 1.45. The Hall–Kier alpha value is -1.68. The van der Waals surface area contributed by atoms with Crippen molar-refractivity contribution in [2.24, 2.45) is 0 Å². The molecule has 2 rings (SSSR count). The van der Waals surface area contributed by atoms with E-state index < -0.39 is 5.97 Å². The third kappa shape index (κ3) is 1.40. The van der Waals surface area contributed by atoms with Gasteiger partial charge in [0.15, 0.2) is 5.78 Å². The van der Waals surface area contributed by atoms with Crippen molar-refractivity contribution in [2.75, 3.05) is 6.61 Å². The first kappa shape index (κ1) is 8.90. The average Bonchev–Trinajstić information content (AvgIpc) is 2.17. The van der Waals surface area contributed by atoms with Gasteiger partial charge in [-0.3, -0.25) is 4.79 Å². The molecule has 0 aliphatic carbocycles. The lowest BCUT2D eigenvalue weighted by Gasteiger charge is -2.15. The summed E-state index contributed by atoms with van der Waals surface area (Å²) in [5.74, 6) is -1.09. The van der Waals surface area contributed by atoms with E-state index >= 15 is 0 Å². The van der Waals surface area contributed by atoms with E-state index in [0.29, 0.717) is 17.7 Å². The maximum absolute atomic E-state index is 11.3. The van der Waals surface area contributed by atoms with Crippen molar-refractivity contribution >= 4 is 11.8 Å². The first-order chi connectivity index (χ1) is 6.68. The fraction of sp³-hybridized carbons (Fsp3) is 0.200. The Morgan fingerprint density at radius 3 is 2.86 bits per heavy atom. The molecule has 0 amide bonds. The molecular weight excluding hydrogens is 184 g/mol. The maximum atomic E-state index is 11.3. The van der Waals surface area contributed by atoms with E-state index in [2.05, 4.69) is 0 Å². The zero-order chi connectivity index (χ0) is 10.1. The van der Waals surface area contributed by atoms with Crippen LogP contribution in [0.25, 0.3) is 0 Å². The smallest absolute Gasteiger partial charge is 0.335 e. The minimum absolute atomic E-state index is 0.0828. The van der Waals surface area contributed by atoms with E-state index in [1.807, 2.05) is 0 Å². The highest BCUT2D eigenvalue weighted by molar-refractivity contribution is 6.00. The van der Waals surface area contributed by atoms with Gasteiger partial charge in [-0.2, -0.15) is 0 Å². The molecule has 1 aromatic rings. The summed E-state index contributed by atoms with van der Waals surface area (Å²) in [6.07, 6.45) is 0. The summed E-state index contributed by atoms with van der Waals surface area (Å²) in [5, 5.41) is 8.73. The van der Waals surface area contributed by atoms with Gasteiger partial charge < -0.3 is 9.84 Å². The van der Waals surface area contributed by atoms with E-state index in [1.165, 1.54) is 12.1 Å². The van der Waals surface area contributed by atoms with Gasteiger partial charge in [0, 0.05) is 5.56 Å². The standard InChI is InChI=1S/C10H8O4/c11-9-5-14-4-7-3-6(10(12)13)1-2-8(7)9/h1-3H,4-5H2,(H,12,13). The summed E-state index contributed by atoms with van der Waals surface area (Å²) in [7, 11) is 0. The lowest BCUT2D eigenvalue weighted by molar-refractivity contribution is 0.0655. The molecule has 4 nitrogen and oxygen atoms in total. The normalized spacial score (nSPS) is 15.0. The molecule has 4 heteroatoms. The van der Waals surface area contributed by atoms with Gasteiger partial charge in [-0.05, 0) is 17.7 Å². The Bertz CT molecular complexity index is 409. The molecular formula is C10H8O4. The monoisotopic (exact) mass is 192 g/mol. The van der Waals surface area contributed by atoms with Crippen LogP contribution in [0.2, 0.25) is 0 Å². The number of hydrogen-bond acceptors (Lipinski definition) is 3. The number of ether oxygens (including phenoxy) is 1. The molecule has 0 aromatic heterocycles. The number of rotatable bonds is 1. The first-order valence-corrected chi connectivity index (χ1v) is 4.15. The van der Waals surface area contributed by atoms with Crippen molar-refractivity contribution in [2.45, 2.75) is 6.61 Å². The van der Waals surface area contributed by atoms with Crippen LogP contribution in [0.1, 0.15) is 26.3 Å². The molecule has 0 saturated heterocycles. The number of hydrogen-bond donors (Lipinski definition) is 1. The number of carbonyl (C=O) groups excluding carboxylic acids is 1. The van der Waals surface area contributed by atoms with Crippen molar-refractivity contribution in [3.8, 4) is 0 Å². The van der Waals surface area contributed by atoms with Crippen molar-refractivity contribution in [1.29, 1.82) is 0 Å². The minimum Gasteiger partial charge on any atom is -0.478 e. The van der Waals surface area contributed by atoms with E-state index in [-0.39, 0.29) is 18.0 Å². The largest absolute Gasteiger partial charge is 0.478 e. The average molecular weight is 192 g/mol. The summed E-state index contributed by atoms with van der Waals surface area (Å²) in [4.78, 5) is 21.9. The Morgan fingerprint density at radius 1 is 1.36 bits per heavy atom. The van der Waals surface area contributed by atoms with Gasteiger partial charge in [0.1, 0.15) is 6.61 Å². The van der Waals surface area contributed by atoms with Crippen LogP contribution in [0, 0.1) is 0 Å². The van der Waals surface area contributed by atoms with Gasteiger partial charge in [-0.1, -0.05) is 6.07 Å². The predicted octanol–water partition coefficient (Wildman–Crippen LogP) is 1.10.